The summed E-state index contributed by atoms with van der Waals surface area (Å²) in [7, 11) is 3.09. The average molecular weight is 396 g/mol. The fourth-order valence-corrected chi connectivity index (χ4v) is 3.40. The molecule has 2 amide bonds. The van der Waals surface area contributed by atoms with E-state index in [-0.39, 0.29) is 17.7 Å². The third kappa shape index (κ3) is 4.06. The van der Waals surface area contributed by atoms with E-state index in [2.05, 4.69) is 24.5 Å². The van der Waals surface area contributed by atoms with Crippen molar-refractivity contribution in [2.24, 2.45) is 5.41 Å². The molecule has 0 bridgehead atoms. The molecule has 0 spiro atoms. The van der Waals surface area contributed by atoms with Crippen molar-refractivity contribution in [2.75, 3.05) is 24.9 Å². The first-order valence-electron chi connectivity index (χ1n) is 9.77. The fourth-order valence-electron chi connectivity index (χ4n) is 3.40. The Morgan fingerprint density at radius 3 is 2.28 bits per heavy atom. The Kier molecular flexibility index (Phi) is 5.82. The molecule has 6 heteroatoms. The summed E-state index contributed by atoms with van der Waals surface area (Å²) in [6.07, 6.45) is 1.04. The van der Waals surface area contributed by atoms with E-state index in [1.165, 1.54) is 7.11 Å². The number of methoxy groups -OCH3 is 2. The van der Waals surface area contributed by atoms with Crippen LogP contribution < -0.4 is 20.1 Å². The van der Waals surface area contributed by atoms with Gasteiger partial charge in [0, 0.05) is 11.8 Å². The van der Waals surface area contributed by atoms with Gasteiger partial charge in [0.2, 0.25) is 11.8 Å². The Bertz CT molecular complexity index is 932. The largest absolute Gasteiger partial charge is 0.497 e. The van der Waals surface area contributed by atoms with E-state index in [0.717, 1.165) is 16.8 Å². The molecule has 0 aromatic heterocycles. The molecule has 0 unspecified atom stereocenters. The fraction of sp³-hybridized carbons (Fsp3) is 0.391. The molecular weight excluding hydrogens is 368 g/mol. The van der Waals surface area contributed by atoms with Gasteiger partial charge in [0.15, 0.2) is 0 Å². The van der Waals surface area contributed by atoms with Crippen LogP contribution >= 0.6 is 0 Å². The number of hydrogen-bond donors (Lipinski definition) is 2. The predicted octanol–water partition coefficient (Wildman–Crippen LogP) is 4.49. The number of carbonyl (C=O) groups excluding carboxylic acids is 2. The number of aryl methyl sites for hydroxylation is 1. The maximum Gasteiger partial charge on any atom is 0.240 e. The average Bonchev–Trinajstić information content (AvgIpc) is 3.51. The zero-order valence-electron chi connectivity index (χ0n) is 17.6. The highest BCUT2D eigenvalue weighted by molar-refractivity contribution is 6.17. The molecule has 6 nitrogen and oxygen atoms in total. The third-order valence-electron chi connectivity index (χ3n) is 5.44. The summed E-state index contributed by atoms with van der Waals surface area (Å²) in [6, 6.07) is 11.1. The molecule has 3 rings (SSSR count). The van der Waals surface area contributed by atoms with Crippen molar-refractivity contribution in [1.82, 2.24) is 0 Å². The van der Waals surface area contributed by atoms with Gasteiger partial charge in [-0.25, -0.2) is 0 Å². The van der Waals surface area contributed by atoms with Crippen LogP contribution in [0.5, 0.6) is 11.5 Å². The van der Waals surface area contributed by atoms with Gasteiger partial charge < -0.3 is 20.1 Å². The lowest BCUT2D eigenvalue weighted by Crippen LogP contribution is -2.36. The summed E-state index contributed by atoms with van der Waals surface area (Å²) in [5, 5.41) is 5.88. The number of nitrogens with one attached hydrogen (secondary N) is 2. The highest BCUT2D eigenvalue weighted by Crippen LogP contribution is 2.48. The SMILES string of the molecule is COc1ccc(NC(=O)C2(C(=O)Nc3c(C)cccc3C(C)C)CC2)c(OC)c1. The van der Waals surface area contributed by atoms with Gasteiger partial charge in [0.05, 0.1) is 19.9 Å². The van der Waals surface area contributed by atoms with Gasteiger partial charge in [-0.05, 0) is 48.9 Å². The minimum atomic E-state index is -1.05. The van der Waals surface area contributed by atoms with Crippen molar-refractivity contribution in [1.29, 1.82) is 0 Å². The Balaban J connectivity index is 1.80. The second-order valence-corrected chi connectivity index (χ2v) is 7.75. The van der Waals surface area contributed by atoms with Crippen LogP contribution in [0.1, 0.15) is 43.7 Å². The lowest BCUT2D eigenvalue weighted by Gasteiger charge is -2.20. The van der Waals surface area contributed by atoms with E-state index in [1.54, 1.807) is 25.3 Å². The minimum Gasteiger partial charge on any atom is -0.497 e. The molecule has 1 fully saturated rings. The summed E-state index contributed by atoms with van der Waals surface area (Å²) in [5.74, 6) is 0.781. The van der Waals surface area contributed by atoms with E-state index >= 15 is 0 Å². The van der Waals surface area contributed by atoms with E-state index in [0.29, 0.717) is 30.0 Å². The molecule has 2 aromatic carbocycles. The number of amides is 2. The molecule has 2 aromatic rings. The standard InChI is InChI=1S/C23H28N2O4/c1-14(2)17-8-6-7-15(3)20(17)25-22(27)23(11-12-23)21(26)24-18-10-9-16(28-4)13-19(18)29-5/h6-10,13-14H,11-12H2,1-5H3,(H,24,26)(H,25,27). The maximum atomic E-state index is 13.1. The third-order valence-corrected chi connectivity index (χ3v) is 5.44. The second kappa shape index (κ2) is 8.15. The number of para-hydroxylation sites is 1. The van der Waals surface area contributed by atoms with Crippen molar-refractivity contribution < 1.29 is 19.1 Å². The summed E-state index contributed by atoms with van der Waals surface area (Å²) in [5.41, 5.74) is 2.30. The molecule has 0 saturated heterocycles. The summed E-state index contributed by atoms with van der Waals surface area (Å²) in [6.45, 7) is 6.13. The van der Waals surface area contributed by atoms with Gasteiger partial charge in [0.25, 0.3) is 0 Å². The Labute approximate surface area is 171 Å². The number of ether oxygens (including phenoxy) is 2. The maximum absolute atomic E-state index is 13.1. The Hall–Kier alpha value is -3.02. The van der Waals surface area contributed by atoms with Crippen LogP contribution in [-0.2, 0) is 9.59 Å². The highest BCUT2D eigenvalue weighted by atomic mass is 16.5. The van der Waals surface area contributed by atoms with Crippen LogP contribution in [0.4, 0.5) is 11.4 Å². The van der Waals surface area contributed by atoms with Gasteiger partial charge >= 0.3 is 0 Å². The smallest absolute Gasteiger partial charge is 0.240 e. The molecule has 0 heterocycles. The minimum absolute atomic E-state index is 0.262. The summed E-state index contributed by atoms with van der Waals surface area (Å²) in [4.78, 5) is 26.1. The van der Waals surface area contributed by atoms with Crippen molar-refractivity contribution in [3.05, 3.63) is 47.5 Å². The van der Waals surface area contributed by atoms with E-state index in [1.807, 2.05) is 25.1 Å². The molecule has 0 radical (unpaired) electrons. The highest BCUT2D eigenvalue weighted by Gasteiger charge is 2.56. The number of anilines is 2. The number of rotatable bonds is 7. The lowest BCUT2D eigenvalue weighted by atomic mass is 9.97. The topological polar surface area (TPSA) is 76.7 Å². The molecular formula is C23H28N2O4. The second-order valence-electron chi connectivity index (χ2n) is 7.75. The molecule has 29 heavy (non-hydrogen) atoms. The zero-order chi connectivity index (χ0) is 21.2. The van der Waals surface area contributed by atoms with E-state index in [4.69, 9.17) is 9.47 Å². The molecule has 2 N–H and O–H groups in total. The first kappa shape index (κ1) is 20.7. The van der Waals surface area contributed by atoms with E-state index in [9.17, 15) is 9.59 Å². The van der Waals surface area contributed by atoms with Gasteiger partial charge in [0.1, 0.15) is 16.9 Å². The van der Waals surface area contributed by atoms with Gasteiger partial charge in [-0.3, -0.25) is 9.59 Å². The van der Waals surface area contributed by atoms with E-state index < -0.39 is 5.41 Å². The summed E-state index contributed by atoms with van der Waals surface area (Å²) >= 11 is 0. The molecule has 1 aliphatic carbocycles. The molecule has 0 aliphatic heterocycles. The van der Waals surface area contributed by atoms with Crippen LogP contribution in [0.2, 0.25) is 0 Å². The van der Waals surface area contributed by atoms with Gasteiger partial charge in [-0.1, -0.05) is 32.0 Å². The number of benzene rings is 2. The molecule has 1 saturated carbocycles. The lowest BCUT2D eigenvalue weighted by molar-refractivity contribution is -0.131. The van der Waals surface area contributed by atoms with Crippen molar-refractivity contribution in [3.63, 3.8) is 0 Å². The quantitative estimate of drug-likeness (QED) is 0.676. The first-order chi connectivity index (χ1) is 13.8. The van der Waals surface area contributed by atoms with Crippen molar-refractivity contribution in [3.8, 4) is 11.5 Å². The molecule has 1 aliphatic rings. The first-order valence-corrected chi connectivity index (χ1v) is 9.77. The Morgan fingerprint density at radius 2 is 1.69 bits per heavy atom. The van der Waals surface area contributed by atoms with Crippen LogP contribution in [0.15, 0.2) is 36.4 Å². The Morgan fingerprint density at radius 1 is 1.00 bits per heavy atom. The molecule has 0 atom stereocenters. The molecule has 154 valence electrons. The normalized spacial score (nSPS) is 14.3. The predicted molar refractivity (Wildman–Crippen MR) is 114 cm³/mol. The van der Waals surface area contributed by atoms with Gasteiger partial charge in [-0.15, -0.1) is 0 Å². The summed E-state index contributed by atoms with van der Waals surface area (Å²) < 4.78 is 10.5. The van der Waals surface area contributed by atoms with Gasteiger partial charge in [-0.2, -0.15) is 0 Å². The zero-order valence-corrected chi connectivity index (χ0v) is 17.6. The number of carbonyl (C=O) groups is 2. The van der Waals surface area contributed by atoms with Crippen LogP contribution in [-0.4, -0.2) is 26.0 Å². The van der Waals surface area contributed by atoms with Crippen LogP contribution in [0.3, 0.4) is 0 Å². The van der Waals surface area contributed by atoms with Crippen molar-refractivity contribution in [2.45, 2.75) is 39.5 Å². The van der Waals surface area contributed by atoms with Crippen LogP contribution in [0, 0.1) is 12.3 Å². The number of hydrogen-bond acceptors (Lipinski definition) is 4. The monoisotopic (exact) mass is 396 g/mol. The van der Waals surface area contributed by atoms with Crippen molar-refractivity contribution >= 4 is 23.2 Å². The van der Waals surface area contributed by atoms with Crippen LogP contribution in [0.25, 0.3) is 0 Å².